The van der Waals surface area contributed by atoms with Gasteiger partial charge in [0.1, 0.15) is 18.1 Å². The summed E-state index contributed by atoms with van der Waals surface area (Å²) in [4.78, 5) is 10.5. The SMILES string of the molecule is Cc1cc(Nc2nc(Nc3cccc(OCCN4CCOCC4)c3)ncc2F)cc(Cl)c1O. The van der Waals surface area contributed by atoms with Crippen LogP contribution < -0.4 is 15.4 Å². The van der Waals surface area contributed by atoms with E-state index in [4.69, 9.17) is 21.1 Å². The lowest BCUT2D eigenvalue weighted by Gasteiger charge is -2.26. The predicted octanol–water partition coefficient (Wildman–Crippen LogP) is 4.48. The van der Waals surface area contributed by atoms with Crippen LogP contribution in [0.4, 0.5) is 27.5 Å². The first-order valence-corrected chi connectivity index (χ1v) is 10.9. The lowest BCUT2D eigenvalue weighted by molar-refractivity contribution is 0.0322. The number of nitrogens with zero attached hydrogens (tertiary/aromatic N) is 3. The molecule has 0 radical (unpaired) electrons. The number of aromatic nitrogens is 2. The molecule has 0 bridgehead atoms. The van der Waals surface area contributed by atoms with E-state index in [1.165, 1.54) is 6.07 Å². The van der Waals surface area contributed by atoms with E-state index in [9.17, 15) is 9.50 Å². The van der Waals surface area contributed by atoms with Crippen molar-refractivity contribution in [1.29, 1.82) is 0 Å². The number of aryl methyl sites for hydroxylation is 1. The van der Waals surface area contributed by atoms with Crippen LogP contribution in [0.1, 0.15) is 5.56 Å². The number of halogens is 2. The summed E-state index contributed by atoms with van der Waals surface area (Å²) in [7, 11) is 0. The van der Waals surface area contributed by atoms with E-state index in [1.807, 2.05) is 24.3 Å². The number of phenols is 1. The first-order chi connectivity index (χ1) is 16.0. The lowest BCUT2D eigenvalue weighted by atomic mass is 10.2. The minimum atomic E-state index is -0.623. The molecule has 4 rings (SSSR count). The number of nitrogens with one attached hydrogen (secondary N) is 2. The summed E-state index contributed by atoms with van der Waals surface area (Å²) < 4.78 is 25.5. The summed E-state index contributed by atoms with van der Waals surface area (Å²) in [6.07, 6.45) is 1.08. The Labute approximate surface area is 196 Å². The molecule has 10 heteroatoms. The van der Waals surface area contributed by atoms with Crippen LogP contribution in [-0.4, -0.2) is 59.4 Å². The Balaban J connectivity index is 1.40. The monoisotopic (exact) mass is 473 g/mol. The van der Waals surface area contributed by atoms with Gasteiger partial charge in [-0.05, 0) is 36.8 Å². The van der Waals surface area contributed by atoms with Gasteiger partial charge in [0.25, 0.3) is 0 Å². The van der Waals surface area contributed by atoms with Crippen molar-refractivity contribution in [2.75, 3.05) is 50.1 Å². The molecule has 2 aromatic carbocycles. The van der Waals surface area contributed by atoms with Gasteiger partial charge in [-0.2, -0.15) is 4.98 Å². The third kappa shape index (κ3) is 6.22. The number of morpholine rings is 1. The molecule has 1 aliphatic rings. The predicted molar refractivity (Wildman–Crippen MR) is 126 cm³/mol. The lowest BCUT2D eigenvalue weighted by Crippen LogP contribution is -2.38. The van der Waals surface area contributed by atoms with Gasteiger partial charge in [-0.15, -0.1) is 0 Å². The fourth-order valence-electron chi connectivity index (χ4n) is 3.37. The molecule has 0 spiro atoms. The van der Waals surface area contributed by atoms with Crippen molar-refractivity contribution in [3.05, 3.63) is 59.0 Å². The highest BCUT2D eigenvalue weighted by Crippen LogP contribution is 2.32. The van der Waals surface area contributed by atoms with Crippen LogP contribution >= 0.6 is 11.6 Å². The van der Waals surface area contributed by atoms with Gasteiger partial charge < -0.3 is 25.2 Å². The molecule has 0 unspecified atom stereocenters. The highest BCUT2D eigenvalue weighted by Gasteiger charge is 2.12. The summed E-state index contributed by atoms with van der Waals surface area (Å²) in [5.41, 5.74) is 1.76. The summed E-state index contributed by atoms with van der Waals surface area (Å²) in [6, 6.07) is 10.6. The quantitative estimate of drug-likeness (QED) is 0.412. The van der Waals surface area contributed by atoms with Crippen molar-refractivity contribution < 1.29 is 19.0 Å². The summed E-state index contributed by atoms with van der Waals surface area (Å²) in [5, 5.41) is 15.9. The zero-order chi connectivity index (χ0) is 23.2. The van der Waals surface area contributed by atoms with Crippen LogP contribution in [-0.2, 0) is 4.74 Å². The molecule has 0 aliphatic carbocycles. The van der Waals surface area contributed by atoms with Crippen LogP contribution in [0.3, 0.4) is 0 Å². The molecular formula is C23H25ClFN5O3. The van der Waals surface area contributed by atoms with Crippen LogP contribution in [0.5, 0.6) is 11.5 Å². The average Bonchev–Trinajstić information content (AvgIpc) is 2.81. The third-order valence-electron chi connectivity index (χ3n) is 5.13. The number of benzene rings is 2. The number of hydrogen-bond donors (Lipinski definition) is 3. The molecule has 1 saturated heterocycles. The second-order valence-electron chi connectivity index (χ2n) is 7.59. The normalized spacial score (nSPS) is 14.2. The molecule has 0 saturated carbocycles. The Morgan fingerprint density at radius 1 is 1.18 bits per heavy atom. The van der Waals surface area contributed by atoms with Crippen LogP contribution in [0, 0.1) is 12.7 Å². The first-order valence-electron chi connectivity index (χ1n) is 10.6. The van der Waals surface area contributed by atoms with Crippen molar-refractivity contribution in [2.45, 2.75) is 6.92 Å². The Bertz CT molecular complexity index is 1090. The highest BCUT2D eigenvalue weighted by molar-refractivity contribution is 6.32. The van der Waals surface area contributed by atoms with E-state index in [-0.39, 0.29) is 22.5 Å². The standard InChI is InChI=1S/C23H25ClFN5O3/c1-15-11-17(13-19(24)21(15)31)27-22-20(25)14-26-23(29-22)28-16-3-2-4-18(12-16)33-10-7-30-5-8-32-9-6-30/h2-4,11-14,31H,5-10H2,1H3,(H2,26,27,28,29). The summed E-state index contributed by atoms with van der Waals surface area (Å²) in [6.45, 7) is 6.45. The van der Waals surface area contributed by atoms with Gasteiger partial charge >= 0.3 is 0 Å². The molecule has 1 aromatic heterocycles. The van der Waals surface area contributed by atoms with Crippen LogP contribution in [0.2, 0.25) is 5.02 Å². The van der Waals surface area contributed by atoms with Gasteiger partial charge in [0.2, 0.25) is 5.95 Å². The molecule has 0 amide bonds. The number of ether oxygens (including phenoxy) is 2. The maximum Gasteiger partial charge on any atom is 0.229 e. The van der Waals surface area contributed by atoms with Crippen LogP contribution in [0.25, 0.3) is 0 Å². The first kappa shape index (κ1) is 23.0. The molecule has 3 aromatic rings. The summed E-state index contributed by atoms with van der Waals surface area (Å²) >= 11 is 6.01. The maximum atomic E-state index is 14.3. The van der Waals surface area contributed by atoms with Gasteiger partial charge in [-0.25, -0.2) is 9.37 Å². The zero-order valence-electron chi connectivity index (χ0n) is 18.1. The Hall–Kier alpha value is -3.14. The summed E-state index contributed by atoms with van der Waals surface area (Å²) in [5.74, 6) is 0.267. The van der Waals surface area contributed by atoms with Gasteiger partial charge in [0, 0.05) is 37.1 Å². The third-order valence-corrected chi connectivity index (χ3v) is 5.42. The number of hydrogen-bond acceptors (Lipinski definition) is 8. The van der Waals surface area contributed by atoms with Crippen molar-refractivity contribution in [2.24, 2.45) is 0 Å². The molecule has 1 fully saturated rings. The van der Waals surface area contributed by atoms with Crippen molar-refractivity contribution in [1.82, 2.24) is 14.9 Å². The number of aromatic hydroxyl groups is 1. The molecule has 8 nitrogen and oxygen atoms in total. The van der Waals surface area contributed by atoms with E-state index in [0.29, 0.717) is 29.3 Å². The second kappa shape index (κ2) is 10.7. The van der Waals surface area contributed by atoms with E-state index >= 15 is 0 Å². The highest BCUT2D eigenvalue weighted by atomic mass is 35.5. The van der Waals surface area contributed by atoms with Crippen LogP contribution in [0.15, 0.2) is 42.6 Å². The maximum absolute atomic E-state index is 14.3. The topological polar surface area (TPSA) is 91.8 Å². The van der Waals surface area contributed by atoms with Crippen molar-refractivity contribution >= 4 is 34.7 Å². The van der Waals surface area contributed by atoms with Crippen molar-refractivity contribution in [3.63, 3.8) is 0 Å². The largest absolute Gasteiger partial charge is 0.506 e. The van der Waals surface area contributed by atoms with Gasteiger partial charge in [0.15, 0.2) is 11.6 Å². The number of rotatable bonds is 8. The number of anilines is 4. The zero-order valence-corrected chi connectivity index (χ0v) is 18.9. The van der Waals surface area contributed by atoms with E-state index in [1.54, 1.807) is 13.0 Å². The Morgan fingerprint density at radius 3 is 2.79 bits per heavy atom. The van der Waals surface area contributed by atoms with Gasteiger partial charge in [-0.1, -0.05) is 17.7 Å². The fourth-order valence-corrected chi connectivity index (χ4v) is 3.64. The van der Waals surface area contributed by atoms with E-state index < -0.39 is 5.82 Å². The molecule has 174 valence electrons. The molecule has 2 heterocycles. The Morgan fingerprint density at radius 2 is 2.00 bits per heavy atom. The molecule has 3 N–H and O–H groups in total. The van der Waals surface area contributed by atoms with Crippen molar-refractivity contribution in [3.8, 4) is 11.5 Å². The van der Waals surface area contributed by atoms with E-state index in [2.05, 4.69) is 25.5 Å². The smallest absolute Gasteiger partial charge is 0.229 e. The minimum Gasteiger partial charge on any atom is -0.506 e. The minimum absolute atomic E-state index is 0.0141. The number of phenolic OH excluding ortho intramolecular Hbond substituents is 1. The average molecular weight is 474 g/mol. The molecule has 33 heavy (non-hydrogen) atoms. The fraction of sp³-hybridized carbons (Fsp3) is 0.304. The van der Waals surface area contributed by atoms with E-state index in [0.717, 1.165) is 39.0 Å². The van der Waals surface area contributed by atoms with Gasteiger partial charge in [0.05, 0.1) is 24.4 Å². The molecule has 0 atom stereocenters. The molecular weight excluding hydrogens is 449 g/mol. The van der Waals surface area contributed by atoms with Gasteiger partial charge in [-0.3, -0.25) is 4.90 Å². The molecule has 1 aliphatic heterocycles. The second-order valence-corrected chi connectivity index (χ2v) is 8.00. The Kier molecular flexibility index (Phi) is 7.43.